The van der Waals surface area contributed by atoms with Gasteiger partial charge in [-0.25, -0.2) is 9.18 Å². The Bertz CT molecular complexity index is 1040. The van der Waals surface area contributed by atoms with Gasteiger partial charge in [-0.3, -0.25) is 9.20 Å². The summed E-state index contributed by atoms with van der Waals surface area (Å²) in [7, 11) is 0. The van der Waals surface area contributed by atoms with Crippen molar-refractivity contribution in [2.75, 3.05) is 24.5 Å². The van der Waals surface area contributed by atoms with Crippen LogP contribution in [0.4, 0.5) is 10.1 Å². The number of halogens is 2. The highest BCUT2D eigenvalue weighted by Gasteiger charge is 2.37. The Morgan fingerprint density at radius 1 is 1.28 bits per heavy atom. The molecule has 0 aromatic carbocycles. The molecular weight excluding hydrogens is 397 g/mol. The average Bonchev–Trinajstić information content (AvgIpc) is 3.41. The molecule has 0 bridgehead atoms. The highest BCUT2D eigenvalue weighted by atomic mass is 35.5. The second-order valence-electron chi connectivity index (χ2n) is 8.44. The van der Waals surface area contributed by atoms with E-state index in [1.807, 2.05) is 6.92 Å². The SMILES string of the molecule is Cc1c(N2C[C@@H]3CCCN[C@@H]3C2)c(F)cn2c(=O)c(C(=O)O)cc(C3CC3)c12.Cl. The number of aromatic nitrogens is 1. The van der Waals surface area contributed by atoms with Crippen LogP contribution in [0, 0.1) is 18.7 Å². The van der Waals surface area contributed by atoms with Gasteiger partial charge < -0.3 is 15.3 Å². The number of carbonyl (C=O) groups is 1. The highest BCUT2D eigenvalue weighted by molar-refractivity contribution is 5.89. The van der Waals surface area contributed by atoms with E-state index < -0.39 is 17.3 Å². The molecule has 29 heavy (non-hydrogen) atoms. The molecule has 3 fully saturated rings. The Balaban J connectivity index is 0.00000205. The first kappa shape index (κ1) is 20.2. The highest BCUT2D eigenvalue weighted by Crippen LogP contribution is 2.44. The van der Waals surface area contributed by atoms with E-state index in [0.717, 1.165) is 56.4 Å². The van der Waals surface area contributed by atoms with Crippen molar-refractivity contribution >= 4 is 29.6 Å². The van der Waals surface area contributed by atoms with Gasteiger partial charge in [-0.2, -0.15) is 0 Å². The summed E-state index contributed by atoms with van der Waals surface area (Å²) in [6.45, 7) is 4.43. The van der Waals surface area contributed by atoms with E-state index in [2.05, 4.69) is 10.2 Å². The number of hydrogen-bond acceptors (Lipinski definition) is 4. The fraction of sp³-hybridized carbons (Fsp3) is 0.524. The third-order valence-electron chi connectivity index (χ3n) is 6.61. The predicted octanol–water partition coefficient (Wildman–Crippen LogP) is 2.93. The monoisotopic (exact) mass is 421 g/mol. The molecule has 0 amide bonds. The zero-order valence-corrected chi connectivity index (χ0v) is 17.1. The summed E-state index contributed by atoms with van der Waals surface area (Å²) in [6.07, 6.45) is 5.42. The molecular formula is C21H25ClFN3O3. The molecule has 8 heteroatoms. The van der Waals surface area contributed by atoms with Gasteiger partial charge in [0, 0.05) is 19.1 Å². The molecule has 1 saturated carbocycles. The number of anilines is 1. The van der Waals surface area contributed by atoms with E-state index in [1.165, 1.54) is 16.7 Å². The number of carboxylic acids is 1. The van der Waals surface area contributed by atoms with Crippen LogP contribution in [-0.2, 0) is 0 Å². The van der Waals surface area contributed by atoms with Crippen LogP contribution in [0.15, 0.2) is 17.1 Å². The van der Waals surface area contributed by atoms with Crippen molar-refractivity contribution in [1.29, 1.82) is 0 Å². The number of nitrogens with zero attached hydrogens (tertiary/aromatic N) is 2. The van der Waals surface area contributed by atoms with Crippen LogP contribution < -0.4 is 15.8 Å². The summed E-state index contributed by atoms with van der Waals surface area (Å²) in [6, 6.07) is 1.89. The number of pyridine rings is 2. The molecule has 1 aliphatic carbocycles. The second kappa shape index (κ2) is 7.29. The number of hydrogen-bond donors (Lipinski definition) is 2. The van der Waals surface area contributed by atoms with Gasteiger partial charge in [-0.05, 0) is 68.2 Å². The number of carboxylic acid groups (broad SMARTS) is 1. The lowest BCUT2D eigenvalue weighted by atomic mass is 9.94. The van der Waals surface area contributed by atoms with Crippen LogP contribution >= 0.6 is 12.4 Å². The van der Waals surface area contributed by atoms with Crippen LogP contribution in [0.5, 0.6) is 0 Å². The molecule has 2 atom stereocenters. The van der Waals surface area contributed by atoms with E-state index in [9.17, 15) is 14.7 Å². The fourth-order valence-electron chi connectivity index (χ4n) is 5.12. The molecule has 0 spiro atoms. The van der Waals surface area contributed by atoms with Gasteiger partial charge in [0.05, 0.1) is 17.4 Å². The van der Waals surface area contributed by atoms with E-state index in [1.54, 1.807) is 0 Å². The van der Waals surface area contributed by atoms with Gasteiger partial charge in [0.1, 0.15) is 5.56 Å². The van der Waals surface area contributed by atoms with Crippen LogP contribution in [0.3, 0.4) is 0 Å². The van der Waals surface area contributed by atoms with E-state index in [4.69, 9.17) is 0 Å². The summed E-state index contributed by atoms with van der Waals surface area (Å²) < 4.78 is 16.4. The van der Waals surface area contributed by atoms with Crippen molar-refractivity contribution in [2.45, 2.75) is 44.6 Å². The Labute approximate surface area is 174 Å². The number of rotatable bonds is 3. The molecule has 3 aliphatic rings. The van der Waals surface area contributed by atoms with Crippen LogP contribution in [0.2, 0.25) is 0 Å². The normalized spacial score (nSPS) is 23.7. The minimum absolute atomic E-state index is 0. The lowest BCUT2D eigenvalue weighted by molar-refractivity contribution is 0.0694. The molecule has 2 aromatic heterocycles. The molecule has 0 radical (unpaired) electrons. The molecule has 2 aliphatic heterocycles. The maximum absolute atomic E-state index is 15.2. The van der Waals surface area contributed by atoms with E-state index >= 15 is 4.39 Å². The van der Waals surface area contributed by atoms with Gasteiger partial charge in [0.2, 0.25) is 0 Å². The predicted molar refractivity (Wildman–Crippen MR) is 111 cm³/mol. The van der Waals surface area contributed by atoms with Gasteiger partial charge in [-0.1, -0.05) is 0 Å². The van der Waals surface area contributed by atoms with Crippen molar-refractivity contribution in [1.82, 2.24) is 9.72 Å². The lowest BCUT2D eigenvalue weighted by Gasteiger charge is -2.24. The van der Waals surface area contributed by atoms with Crippen LogP contribution in [0.1, 0.15) is 53.1 Å². The number of piperidine rings is 1. The lowest BCUT2D eigenvalue weighted by Crippen LogP contribution is -2.40. The minimum Gasteiger partial charge on any atom is -0.477 e. The first-order valence-electron chi connectivity index (χ1n) is 10.1. The standard InChI is InChI=1S/C21H24FN3O3.ClH/c1-11-18-14(12-4-5-12)7-15(21(27)28)20(26)25(18)9-16(22)19(11)24-8-13-3-2-6-23-17(13)10-24;/h7,9,12-13,17,23H,2-6,8,10H2,1H3,(H,27,28);1H/t13-,17+;/m0./s1. The number of nitrogens with one attached hydrogen (secondary N) is 1. The molecule has 4 heterocycles. The maximum atomic E-state index is 15.2. The number of aryl methyl sites for hydroxylation is 1. The van der Waals surface area contributed by atoms with Gasteiger partial charge >= 0.3 is 5.97 Å². The Morgan fingerprint density at radius 3 is 2.69 bits per heavy atom. The third-order valence-corrected chi connectivity index (χ3v) is 6.61. The van der Waals surface area contributed by atoms with E-state index in [-0.39, 0.29) is 23.9 Å². The molecule has 5 rings (SSSR count). The smallest absolute Gasteiger partial charge is 0.341 e. The molecule has 0 unspecified atom stereocenters. The van der Waals surface area contributed by atoms with Gasteiger partial charge in [0.25, 0.3) is 5.56 Å². The summed E-state index contributed by atoms with van der Waals surface area (Å²) in [5, 5.41) is 13.0. The topological polar surface area (TPSA) is 74.0 Å². The number of aromatic carboxylic acids is 1. The van der Waals surface area contributed by atoms with Gasteiger partial charge in [0.15, 0.2) is 5.82 Å². The maximum Gasteiger partial charge on any atom is 0.341 e. The zero-order valence-electron chi connectivity index (χ0n) is 16.3. The quantitative estimate of drug-likeness (QED) is 0.797. The molecule has 2 N–H and O–H groups in total. The second-order valence-corrected chi connectivity index (χ2v) is 8.44. The van der Waals surface area contributed by atoms with E-state index in [0.29, 0.717) is 23.2 Å². The first-order valence-corrected chi connectivity index (χ1v) is 10.1. The summed E-state index contributed by atoms with van der Waals surface area (Å²) >= 11 is 0. The van der Waals surface area contributed by atoms with Crippen molar-refractivity contribution in [3.63, 3.8) is 0 Å². The third kappa shape index (κ3) is 3.20. The molecule has 2 saturated heterocycles. The fourth-order valence-corrected chi connectivity index (χ4v) is 5.12. The Hall–Kier alpha value is -2.12. The Kier molecular flexibility index (Phi) is 5.07. The zero-order chi connectivity index (χ0) is 19.6. The summed E-state index contributed by atoms with van der Waals surface area (Å²) in [5.41, 5.74) is 1.86. The first-order chi connectivity index (χ1) is 13.5. The number of fused-ring (bicyclic) bond motifs is 2. The molecule has 6 nitrogen and oxygen atoms in total. The average molecular weight is 422 g/mol. The van der Waals surface area contributed by atoms with Crippen molar-refractivity contribution in [3.8, 4) is 0 Å². The largest absolute Gasteiger partial charge is 0.477 e. The summed E-state index contributed by atoms with van der Waals surface area (Å²) in [4.78, 5) is 26.3. The Morgan fingerprint density at radius 2 is 2.03 bits per heavy atom. The van der Waals surface area contributed by atoms with Crippen LogP contribution in [0.25, 0.3) is 5.52 Å². The van der Waals surface area contributed by atoms with Crippen molar-refractivity contribution in [2.24, 2.45) is 5.92 Å². The van der Waals surface area contributed by atoms with Gasteiger partial charge in [-0.15, -0.1) is 12.4 Å². The van der Waals surface area contributed by atoms with Crippen molar-refractivity contribution in [3.05, 3.63) is 45.1 Å². The van der Waals surface area contributed by atoms with Crippen molar-refractivity contribution < 1.29 is 14.3 Å². The molecule has 156 valence electrons. The summed E-state index contributed by atoms with van der Waals surface area (Å²) in [5.74, 6) is -0.968. The van der Waals surface area contributed by atoms with Crippen LogP contribution in [-0.4, -0.2) is 41.2 Å². The molecule has 2 aromatic rings. The minimum atomic E-state index is -1.27.